The van der Waals surface area contributed by atoms with Gasteiger partial charge in [0.15, 0.2) is 0 Å². The van der Waals surface area contributed by atoms with Gasteiger partial charge in [0.25, 0.3) is 0 Å². The fourth-order valence-corrected chi connectivity index (χ4v) is 1.33. The number of esters is 1. The van der Waals surface area contributed by atoms with Crippen molar-refractivity contribution in [1.82, 2.24) is 0 Å². The number of aliphatic hydroxyl groups excluding tert-OH is 1. The first-order valence-corrected chi connectivity index (χ1v) is 5.01. The zero-order chi connectivity index (χ0) is 11.3. The van der Waals surface area contributed by atoms with E-state index in [0.29, 0.717) is 11.4 Å². The third kappa shape index (κ3) is 3.90. The fraction of sp³-hybridized carbons (Fsp3) is 0.364. The molecule has 0 fully saturated rings. The molecule has 0 saturated carbocycles. The van der Waals surface area contributed by atoms with Gasteiger partial charge in [-0.3, -0.25) is 4.79 Å². The maximum atomic E-state index is 10.8. The molecular formula is C11H13ClO3. The lowest BCUT2D eigenvalue weighted by Gasteiger charge is -2.09. The first kappa shape index (κ1) is 12.0. The zero-order valence-electron chi connectivity index (χ0n) is 8.44. The van der Waals surface area contributed by atoms with E-state index in [2.05, 4.69) is 4.74 Å². The molecule has 1 rings (SSSR count). The van der Waals surface area contributed by atoms with Gasteiger partial charge >= 0.3 is 5.97 Å². The van der Waals surface area contributed by atoms with Crippen LogP contribution < -0.4 is 0 Å². The Hall–Kier alpha value is -1.06. The molecule has 1 aromatic rings. The number of rotatable bonds is 4. The van der Waals surface area contributed by atoms with Crippen molar-refractivity contribution in [3.63, 3.8) is 0 Å². The van der Waals surface area contributed by atoms with Crippen LogP contribution in [0, 0.1) is 0 Å². The predicted molar refractivity (Wildman–Crippen MR) is 57.7 cm³/mol. The van der Waals surface area contributed by atoms with Gasteiger partial charge in [-0.15, -0.1) is 0 Å². The van der Waals surface area contributed by atoms with E-state index in [9.17, 15) is 9.90 Å². The van der Waals surface area contributed by atoms with Crippen molar-refractivity contribution in [1.29, 1.82) is 0 Å². The van der Waals surface area contributed by atoms with Gasteiger partial charge in [0.1, 0.15) is 0 Å². The van der Waals surface area contributed by atoms with Gasteiger partial charge in [-0.1, -0.05) is 23.7 Å². The summed E-state index contributed by atoms with van der Waals surface area (Å²) in [6.45, 7) is 0. The molecule has 0 aliphatic carbocycles. The highest BCUT2D eigenvalue weighted by atomic mass is 35.5. The van der Waals surface area contributed by atoms with Gasteiger partial charge in [0, 0.05) is 11.4 Å². The van der Waals surface area contributed by atoms with E-state index >= 15 is 0 Å². The molecule has 1 aromatic carbocycles. The van der Waals surface area contributed by atoms with E-state index in [1.807, 2.05) is 0 Å². The zero-order valence-corrected chi connectivity index (χ0v) is 9.20. The molecule has 0 heterocycles. The molecule has 4 heteroatoms. The molecule has 0 bridgehead atoms. The molecule has 0 spiro atoms. The number of hydrogen-bond acceptors (Lipinski definition) is 3. The molecule has 0 radical (unpaired) electrons. The molecule has 1 N–H and O–H groups in total. The van der Waals surface area contributed by atoms with Crippen LogP contribution in [0.4, 0.5) is 0 Å². The second-order valence-electron chi connectivity index (χ2n) is 3.18. The molecule has 0 saturated heterocycles. The summed E-state index contributed by atoms with van der Waals surface area (Å²) in [5, 5.41) is 10.3. The molecular weight excluding hydrogens is 216 g/mol. The number of carbonyl (C=O) groups is 1. The Morgan fingerprint density at radius 3 is 2.60 bits per heavy atom. The minimum atomic E-state index is -0.652. The minimum absolute atomic E-state index is 0.209. The highest BCUT2D eigenvalue weighted by molar-refractivity contribution is 6.30. The minimum Gasteiger partial charge on any atom is -0.469 e. The Morgan fingerprint density at radius 1 is 1.47 bits per heavy atom. The van der Waals surface area contributed by atoms with Crippen molar-refractivity contribution in [3.05, 3.63) is 34.9 Å². The smallest absolute Gasteiger partial charge is 0.305 e. The van der Waals surface area contributed by atoms with Crippen molar-refractivity contribution in [2.45, 2.75) is 18.9 Å². The summed E-state index contributed by atoms with van der Waals surface area (Å²) in [5.41, 5.74) is 0.753. The van der Waals surface area contributed by atoms with E-state index in [-0.39, 0.29) is 12.4 Å². The second-order valence-corrected chi connectivity index (χ2v) is 3.62. The molecule has 0 aliphatic rings. The lowest BCUT2D eigenvalue weighted by atomic mass is 10.1. The highest BCUT2D eigenvalue weighted by Crippen LogP contribution is 2.20. The monoisotopic (exact) mass is 228 g/mol. The van der Waals surface area contributed by atoms with Gasteiger partial charge in [0.05, 0.1) is 13.2 Å². The van der Waals surface area contributed by atoms with Crippen molar-refractivity contribution in [2.24, 2.45) is 0 Å². The molecule has 15 heavy (non-hydrogen) atoms. The van der Waals surface area contributed by atoms with Crippen LogP contribution in [0.25, 0.3) is 0 Å². The van der Waals surface area contributed by atoms with E-state index in [4.69, 9.17) is 11.6 Å². The van der Waals surface area contributed by atoms with Gasteiger partial charge < -0.3 is 9.84 Å². The topological polar surface area (TPSA) is 46.5 Å². The molecule has 3 nitrogen and oxygen atoms in total. The number of carbonyl (C=O) groups excluding carboxylic acids is 1. The third-order valence-corrected chi connectivity index (χ3v) is 2.36. The molecule has 0 aliphatic heterocycles. The van der Waals surface area contributed by atoms with Crippen molar-refractivity contribution in [3.8, 4) is 0 Å². The van der Waals surface area contributed by atoms with Crippen LogP contribution in [0.15, 0.2) is 24.3 Å². The first-order valence-electron chi connectivity index (χ1n) is 4.64. The lowest BCUT2D eigenvalue weighted by Crippen LogP contribution is -2.04. The SMILES string of the molecule is COC(=O)CCC(O)c1ccc(Cl)cc1. The molecule has 1 unspecified atom stereocenters. The number of halogens is 1. The highest BCUT2D eigenvalue weighted by Gasteiger charge is 2.10. The van der Waals surface area contributed by atoms with Crippen LogP contribution >= 0.6 is 11.6 Å². The van der Waals surface area contributed by atoms with Crippen LogP contribution in [0.2, 0.25) is 5.02 Å². The molecule has 0 aromatic heterocycles. The van der Waals surface area contributed by atoms with Gasteiger partial charge in [-0.05, 0) is 24.1 Å². The summed E-state index contributed by atoms with van der Waals surface area (Å²) in [4.78, 5) is 10.8. The van der Waals surface area contributed by atoms with Crippen LogP contribution in [0.1, 0.15) is 24.5 Å². The Bertz CT molecular complexity index is 321. The first-order chi connectivity index (χ1) is 7.13. The van der Waals surface area contributed by atoms with Crippen LogP contribution in [-0.4, -0.2) is 18.2 Å². The van der Waals surface area contributed by atoms with E-state index in [1.54, 1.807) is 24.3 Å². The lowest BCUT2D eigenvalue weighted by molar-refractivity contribution is -0.141. The standard InChI is InChI=1S/C11H13ClO3/c1-15-11(14)7-6-10(13)8-2-4-9(12)5-3-8/h2-5,10,13H,6-7H2,1H3. The van der Waals surface area contributed by atoms with Crippen molar-refractivity contribution >= 4 is 17.6 Å². The molecule has 0 amide bonds. The Morgan fingerprint density at radius 2 is 2.07 bits per heavy atom. The maximum absolute atomic E-state index is 10.8. The van der Waals surface area contributed by atoms with Gasteiger partial charge in [-0.2, -0.15) is 0 Å². The Kier molecular flexibility index (Phi) is 4.59. The Labute approximate surface area is 93.6 Å². The average molecular weight is 229 g/mol. The number of benzene rings is 1. The van der Waals surface area contributed by atoms with Gasteiger partial charge in [0.2, 0.25) is 0 Å². The average Bonchev–Trinajstić information content (AvgIpc) is 2.26. The fourth-order valence-electron chi connectivity index (χ4n) is 1.21. The van der Waals surface area contributed by atoms with E-state index in [0.717, 1.165) is 5.56 Å². The maximum Gasteiger partial charge on any atom is 0.305 e. The molecule has 82 valence electrons. The van der Waals surface area contributed by atoms with Crippen LogP contribution in [-0.2, 0) is 9.53 Å². The van der Waals surface area contributed by atoms with Crippen LogP contribution in [0.3, 0.4) is 0 Å². The second kappa shape index (κ2) is 5.73. The summed E-state index contributed by atoms with van der Waals surface area (Å²) >= 11 is 5.71. The summed E-state index contributed by atoms with van der Waals surface area (Å²) in [5.74, 6) is -0.317. The normalized spacial score (nSPS) is 12.2. The molecule has 1 atom stereocenters. The summed E-state index contributed by atoms with van der Waals surface area (Å²) in [7, 11) is 1.33. The predicted octanol–water partition coefficient (Wildman–Crippen LogP) is 2.33. The number of ether oxygens (including phenoxy) is 1. The third-order valence-electron chi connectivity index (χ3n) is 2.10. The largest absolute Gasteiger partial charge is 0.469 e. The Balaban J connectivity index is 2.50. The summed E-state index contributed by atoms with van der Waals surface area (Å²) in [6, 6.07) is 6.89. The number of methoxy groups -OCH3 is 1. The number of hydrogen-bond donors (Lipinski definition) is 1. The number of aliphatic hydroxyl groups is 1. The van der Waals surface area contributed by atoms with Crippen molar-refractivity contribution < 1.29 is 14.6 Å². The van der Waals surface area contributed by atoms with E-state index in [1.165, 1.54) is 7.11 Å². The summed E-state index contributed by atoms with van der Waals surface area (Å²) < 4.78 is 4.48. The van der Waals surface area contributed by atoms with Crippen LogP contribution in [0.5, 0.6) is 0 Å². The van der Waals surface area contributed by atoms with E-state index < -0.39 is 6.10 Å². The van der Waals surface area contributed by atoms with Crippen molar-refractivity contribution in [2.75, 3.05) is 7.11 Å². The quantitative estimate of drug-likeness (QED) is 0.805. The van der Waals surface area contributed by atoms with Gasteiger partial charge in [-0.25, -0.2) is 0 Å². The summed E-state index contributed by atoms with van der Waals surface area (Å²) in [6.07, 6.45) is -0.0874.